The van der Waals surface area contributed by atoms with Crippen LogP contribution in [0.4, 0.5) is 10.1 Å². The largest absolute Gasteiger partial charge is 0.431 e. The van der Waals surface area contributed by atoms with Gasteiger partial charge < -0.3 is 15.1 Å². The first-order chi connectivity index (χ1) is 12.9. The van der Waals surface area contributed by atoms with Crippen LogP contribution in [0.2, 0.25) is 5.02 Å². The van der Waals surface area contributed by atoms with E-state index < -0.39 is 11.7 Å². The highest BCUT2D eigenvalue weighted by Crippen LogP contribution is 2.26. The summed E-state index contributed by atoms with van der Waals surface area (Å²) < 4.78 is 18.7. The number of primary amides is 1. The lowest BCUT2D eigenvalue weighted by atomic mass is 10.2. The molecular weight excluding hydrogens is 393 g/mol. The fourth-order valence-corrected chi connectivity index (χ4v) is 3.26. The summed E-state index contributed by atoms with van der Waals surface area (Å²) in [6.45, 7) is 0.101. The van der Waals surface area contributed by atoms with E-state index in [1.165, 1.54) is 29.2 Å². The van der Waals surface area contributed by atoms with Crippen LogP contribution in [-0.4, -0.2) is 29.1 Å². The van der Waals surface area contributed by atoms with E-state index in [1.54, 1.807) is 18.2 Å². The second-order valence-electron chi connectivity index (χ2n) is 5.62. The van der Waals surface area contributed by atoms with Crippen LogP contribution < -0.4 is 10.6 Å². The van der Waals surface area contributed by atoms with E-state index >= 15 is 0 Å². The number of hydrogen-bond acceptors (Lipinski definition) is 5. The quantitative estimate of drug-likeness (QED) is 0.604. The Morgan fingerprint density at radius 2 is 1.96 bits per heavy atom. The number of amides is 2. The molecule has 1 heterocycles. The maximum atomic E-state index is 13.2. The third-order valence-corrected chi connectivity index (χ3v) is 4.72. The van der Waals surface area contributed by atoms with Crippen molar-refractivity contribution in [2.24, 2.45) is 5.73 Å². The van der Waals surface area contributed by atoms with E-state index in [2.05, 4.69) is 4.98 Å². The normalized spacial score (nSPS) is 10.9. The molecule has 0 atom stereocenters. The van der Waals surface area contributed by atoms with Crippen LogP contribution in [-0.2, 0) is 9.59 Å². The molecule has 2 aromatic carbocycles. The average Bonchev–Trinajstić information content (AvgIpc) is 3.03. The molecule has 2 amide bonds. The smallest absolute Gasteiger partial charge is 0.257 e. The Morgan fingerprint density at radius 3 is 2.67 bits per heavy atom. The number of hydrogen-bond donors (Lipinski definition) is 1. The topological polar surface area (TPSA) is 89.4 Å². The summed E-state index contributed by atoms with van der Waals surface area (Å²) >= 11 is 7.04. The predicted molar refractivity (Wildman–Crippen MR) is 102 cm³/mol. The molecular formula is C18H15ClFN3O3S. The number of anilines is 1. The molecule has 3 rings (SSSR count). The van der Waals surface area contributed by atoms with Crippen molar-refractivity contribution < 1.29 is 18.4 Å². The minimum Gasteiger partial charge on any atom is -0.431 e. The van der Waals surface area contributed by atoms with Crippen molar-refractivity contribution >= 4 is 52.0 Å². The summed E-state index contributed by atoms with van der Waals surface area (Å²) in [7, 11) is 0. The summed E-state index contributed by atoms with van der Waals surface area (Å²) in [5.41, 5.74) is 6.83. The molecule has 1 aromatic heterocycles. The molecule has 3 aromatic rings. The van der Waals surface area contributed by atoms with E-state index in [4.69, 9.17) is 21.8 Å². The maximum Gasteiger partial charge on any atom is 0.257 e. The fourth-order valence-electron chi connectivity index (χ4n) is 2.38. The number of oxazole rings is 1. The third kappa shape index (κ3) is 4.99. The van der Waals surface area contributed by atoms with Gasteiger partial charge in [0.2, 0.25) is 11.8 Å². The highest BCUT2D eigenvalue weighted by Gasteiger charge is 2.18. The molecule has 0 aliphatic carbocycles. The zero-order valence-corrected chi connectivity index (χ0v) is 15.6. The van der Waals surface area contributed by atoms with E-state index in [1.807, 2.05) is 0 Å². The second-order valence-corrected chi connectivity index (χ2v) is 6.98. The number of nitrogens with two attached hydrogens (primary N) is 1. The Labute approximate surface area is 163 Å². The Bertz CT molecular complexity index is 978. The molecule has 27 heavy (non-hydrogen) atoms. The van der Waals surface area contributed by atoms with Gasteiger partial charge in [-0.3, -0.25) is 9.59 Å². The van der Waals surface area contributed by atoms with Gasteiger partial charge in [0, 0.05) is 23.7 Å². The number of thioether (sulfide) groups is 1. The lowest BCUT2D eigenvalue weighted by Crippen LogP contribution is -2.35. The fraction of sp³-hybridized carbons (Fsp3) is 0.167. The molecule has 6 nitrogen and oxygen atoms in total. The van der Waals surface area contributed by atoms with Crippen LogP contribution in [0.15, 0.2) is 52.1 Å². The van der Waals surface area contributed by atoms with Crippen LogP contribution >= 0.6 is 23.4 Å². The first kappa shape index (κ1) is 19.2. The molecule has 140 valence electrons. The molecule has 0 saturated heterocycles. The molecule has 0 radical (unpaired) electrons. The van der Waals surface area contributed by atoms with E-state index in [0.717, 1.165) is 11.8 Å². The summed E-state index contributed by atoms with van der Waals surface area (Å²) in [6, 6.07) is 10.5. The molecule has 0 bridgehead atoms. The maximum absolute atomic E-state index is 13.2. The Balaban J connectivity index is 1.72. The highest BCUT2D eigenvalue weighted by molar-refractivity contribution is 7.99. The van der Waals surface area contributed by atoms with Crippen molar-refractivity contribution in [3.05, 3.63) is 53.3 Å². The van der Waals surface area contributed by atoms with Crippen LogP contribution in [0.3, 0.4) is 0 Å². The van der Waals surface area contributed by atoms with Crippen LogP contribution in [0.1, 0.15) is 6.42 Å². The van der Waals surface area contributed by atoms with Gasteiger partial charge in [-0.15, -0.1) is 0 Å². The highest BCUT2D eigenvalue weighted by atomic mass is 35.5. The van der Waals surface area contributed by atoms with Gasteiger partial charge in [-0.25, -0.2) is 9.37 Å². The molecule has 0 unspecified atom stereocenters. The number of fused-ring (bicyclic) bond motifs is 1. The minimum atomic E-state index is -0.529. The van der Waals surface area contributed by atoms with Crippen molar-refractivity contribution in [2.75, 3.05) is 17.2 Å². The molecule has 0 aliphatic rings. The summed E-state index contributed by atoms with van der Waals surface area (Å²) in [5.74, 6) is -1.21. The first-order valence-corrected chi connectivity index (χ1v) is 9.32. The third-order valence-electron chi connectivity index (χ3n) is 3.67. The van der Waals surface area contributed by atoms with Crippen molar-refractivity contribution in [2.45, 2.75) is 11.6 Å². The van der Waals surface area contributed by atoms with Gasteiger partial charge in [0.15, 0.2) is 5.58 Å². The number of rotatable bonds is 7. The zero-order valence-electron chi connectivity index (χ0n) is 14.0. The van der Waals surface area contributed by atoms with Gasteiger partial charge in [0.25, 0.3) is 5.22 Å². The number of halogens is 2. The van der Waals surface area contributed by atoms with Gasteiger partial charge in [-0.1, -0.05) is 23.4 Å². The molecule has 0 saturated carbocycles. The summed E-state index contributed by atoms with van der Waals surface area (Å²) in [4.78, 5) is 29.4. The van der Waals surface area contributed by atoms with Crippen LogP contribution in [0.25, 0.3) is 11.1 Å². The van der Waals surface area contributed by atoms with Crippen molar-refractivity contribution in [3.8, 4) is 0 Å². The van der Waals surface area contributed by atoms with E-state index in [0.29, 0.717) is 27.0 Å². The molecule has 0 aliphatic heterocycles. The number of carbonyl (C=O) groups is 2. The number of nitrogens with zero attached hydrogens (tertiary/aromatic N) is 2. The lowest BCUT2D eigenvalue weighted by molar-refractivity contribution is -0.118. The number of carbonyl (C=O) groups excluding carboxylic acids is 2. The second kappa shape index (κ2) is 8.41. The molecule has 0 fully saturated rings. The monoisotopic (exact) mass is 407 g/mol. The Hall–Kier alpha value is -2.58. The van der Waals surface area contributed by atoms with Gasteiger partial charge in [-0.05, 0) is 42.5 Å². The Morgan fingerprint density at radius 1 is 1.22 bits per heavy atom. The first-order valence-electron chi connectivity index (χ1n) is 7.95. The summed E-state index contributed by atoms with van der Waals surface area (Å²) in [5, 5.41) is 0.868. The Kier molecular flexibility index (Phi) is 5.98. The van der Waals surface area contributed by atoms with Crippen LogP contribution in [0.5, 0.6) is 0 Å². The predicted octanol–water partition coefficient (Wildman–Crippen LogP) is 3.62. The molecule has 0 spiro atoms. The van der Waals surface area contributed by atoms with E-state index in [-0.39, 0.29) is 24.6 Å². The SMILES string of the molecule is NC(=O)CCN(C(=O)CSc1nc2cc(Cl)ccc2o1)c1ccc(F)cc1. The lowest BCUT2D eigenvalue weighted by Gasteiger charge is -2.22. The summed E-state index contributed by atoms with van der Waals surface area (Å²) in [6.07, 6.45) is -0.00479. The standard InChI is InChI=1S/C18H15ClFN3O3S/c19-11-1-6-15-14(9-11)22-18(26-15)27-10-17(25)23(8-7-16(21)24)13-4-2-12(20)3-5-13/h1-6,9H,7-8,10H2,(H2,21,24). The van der Waals surface area contributed by atoms with E-state index in [9.17, 15) is 14.0 Å². The van der Waals surface area contributed by atoms with Gasteiger partial charge in [-0.2, -0.15) is 0 Å². The van der Waals surface area contributed by atoms with Gasteiger partial charge in [0.05, 0.1) is 5.75 Å². The minimum absolute atomic E-state index is 0.00479. The zero-order chi connectivity index (χ0) is 19.4. The number of aromatic nitrogens is 1. The number of benzene rings is 2. The van der Waals surface area contributed by atoms with Gasteiger partial charge in [0.1, 0.15) is 11.3 Å². The average molecular weight is 408 g/mol. The molecule has 9 heteroatoms. The van der Waals surface area contributed by atoms with Crippen molar-refractivity contribution in [3.63, 3.8) is 0 Å². The van der Waals surface area contributed by atoms with Crippen LogP contribution in [0, 0.1) is 5.82 Å². The van der Waals surface area contributed by atoms with Crippen molar-refractivity contribution in [1.82, 2.24) is 4.98 Å². The molecule has 2 N–H and O–H groups in total. The van der Waals surface area contributed by atoms with Gasteiger partial charge >= 0.3 is 0 Å². The van der Waals surface area contributed by atoms with Crippen molar-refractivity contribution in [1.29, 1.82) is 0 Å².